The Labute approximate surface area is 111 Å². The standard InChI is InChI=1S/C12H18BrN3O/c1-17-8-7-16(6-5-13)12-10-3-2-4-11(10)14-9-15-12/h9H,2-8H2,1H3. The summed E-state index contributed by atoms with van der Waals surface area (Å²) in [6, 6.07) is 0. The number of rotatable bonds is 6. The predicted molar refractivity (Wildman–Crippen MR) is 71.9 cm³/mol. The van der Waals surface area contributed by atoms with Crippen molar-refractivity contribution in [3.63, 3.8) is 0 Å². The Morgan fingerprint density at radius 3 is 3.00 bits per heavy atom. The molecule has 0 atom stereocenters. The Morgan fingerprint density at radius 2 is 2.24 bits per heavy atom. The number of aryl methyl sites for hydroxylation is 1. The van der Waals surface area contributed by atoms with Gasteiger partial charge in [0.05, 0.1) is 6.61 Å². The molecule has 0 saturated carbocycles. The van der Waals surface area contributed by atoms with Crippen LogP contribution >= 0.6 is 15.9 Å². The van der Waals surface area contributed by atoms with E-state index in [1.807, 2.05) is 0 Å². The van der Waals surface area contributed by atoms with Gasteiger partial charge in [-0.15, -0.1) is 0 Å². The van der Waals surface area contributed by atoms with Crippen LogP contribution in [0.3, 0.4) is 0 Å². The van der Waals surface area contributed by atoms with Crippen LogP contribution in [0.5, 0.6) is 0 Å². The Balaban J connectivity index is 2.20. The molecular formula is C12H18BrN3O. The van der Waals surface area contributed by atoms with Crippen molar-refractivity contribution in [1.29, 1.82) is 0 Å². The highest BCUT2D eigenvalue weighted by Crippen LogP contribution is 2.27. The summed E-state index contributed by atoms with van der Waals surface area (Å²) in [6.45, 7) is 2.56. The number of halogens is 1. The molecule has 5 heteroatoms. The maximum Gasteiger partial charge on any atom is 0.135 e. The molecule has 1 heterocycles. The molecule has 1 aliphatic carbocycles. The van der Waals surface area contributed by atoms with E-state index in [9.17, 15) is 0 Å². The van der Waals surface area contributed by atoms with Crippen LogP contribution in [0.2, 0.25) is 0 Å². The maximum atomic E-state index is 5.16. The van der Waals surface area contributed by atoms with Crippen molar-refractivity contribution in [3.8, 4) is 0 Å². The van der Waals surface area contributed by atoms with Gasteiger partial charge in [0.15, 0.2) is 0 Å². The van der Waals surface area contributed by atoms with Crippen LogP contribution in [-0.2, 0) is 17.6 Å². The molecule has 17 heavy (non-hydrogen) atoms. The minimum atomic E-state index is 0.728. The molecule has 0 N–H and O–H groups in total. The van der Waals surface area contributed by atoms with Crippen LogP contribution in [0.4, 0.5) is 5.82 Å². The van der Waals surface area contributed by atoms with Gasteiger partial charge in [0, 0.05) is 36.8 Å². The molecule has 0 fully saturated rings. The molecule has 1 aromatic rings. The van der Waals surface area contributed by atoms with Crippen molar-refractivity contribution in [2.45, 2.75) is 19.3 Å². The number of anilines is 1. The summed E-state index contributed by atoms with van der Waals surface area (Å²) in [5.41, 5.74) is 2.57. The van der Waals surface area contributed by atoms with Crippen LogP contribution in [0.15, 0.2) is 6.33 Å². The fourth-order valence-electron chi connectivity index (χ4n) is 2.24. The number of nitrogens with zero attached hydrogens (tertiary/aromatic N) is 3. The van der Waals surface area contributed by atoms with E-state index in [0.29, 0.717) is 0 Å². The second kappa shape index (κ2) is 6.31. The van der Waals surface area contributed by atoms with Crippen molar-refractivity contribution in [2.75, 3.05) is 37.0 Å². The van der Waals surface area contributed by atoms with Gasteiger partial charge in [-0.25, -0.2) is 9.97 Å². The molecule has 0 aliphatic heterocycles. The molecule has 0 unspecified atom stereocenters. The third-order valence-electron chi connectivity index (χ3n) is 3.07. The number of hydrogen-bond donors (Lipinski definition) is 0. The maximum absolute atomic E-state index is 5.16. The van der Waals surface area contributed by atoms with E-state index in [1.54, 1.807) is 13.4 Å². The molecule has 0 bridgehead atoms. The lowest BCUT2D eigenvalue weighted by molar-refractivity contribution is 0.205. The quantitative estimate of drug-likeness (QED) is 0.751. The molecule has 0 radical (unpaired) electrons. The molecule has 1 aliphatic rings. The van der Waals surface area contributed by atoms with Crippen molar-refractivity contribution in [3.05, 3.63) is 17.6 Å². The predicted octanol–water partition coefficient (Wildman–Crippen LogP) is 1.81. The first kappa shape index (κ1) is 12.8. The first-order valence-corrected chi connectivity index (χ1v) is 7.11. The first-order valence-electron chi connectivity index (χ1n) is 5.99. The molecular weight excluding hydrogens is 282 g/mol. The monoisotopic (exact) mass is 299 g/mol. The Bertz CT molecular complexity index is 373. The lowest BCUT2D eigenvalue weighted by Crippen LogP contribution is -2.31. The van der Waals surface area contributed by atoms with Crippen LogP contribution < -0.4 is 4.90 Å². The number of fused-ring (bicyclic) bond motifs is 1. The Hall–Kier alpha value is -0.680. The molecule has 0 aromatic carbocycles. The molecule has 0 amide bonds. The fraction of sp³-hybridized carbons (Fsp3) is 0.667. The van der Waals surface area contributed by atoms with E-state index >= 15 is 0 Å². The highest BCUT2D eigenvalue weighted by molar-refractivity contribution is 9.09. The summed E-state index contributed by atoms with van der Waals surface area (Å²) in [4.78, 5) is 11.1. The summed E-state index contributed by atoms with van der Waals surface area (Å²) in [7, 11) is 1.73. The minimum absolute atomic E-state index is 0.728. The van der Waals surface area contributed by atoms with Crippen LogP contribution in [0.1, 0.15) is 17.7 Å². The van der Waals surface area contributed by atoms with E-state index in [-0.39, 0.29) is 0 Å². The van der Waals surface area contributed by atoms with Crippen molar-refractivity contribution >= 4 is 21.7 Å². The molecule has 94 valence electrons. The largest absolute Gasteiger partial charge is 0.383 e. The normalized spacial score (nSPS) is 13.8. The van der Waals surface area contributed by atoms with Gasteiger partial charge in [0.2, 0.25) is 0 Å². The lowest BCUT2D eigenvalue weighted by atomic mass is 10.2. The van der Waals surface area contributed by atoms with E-state index < -0.39 is 0 Å². The zero-order valence-electron chi connectivity index (χ0n) is 10.2. The molecule has 2 rings (SSSR count). The lowest BCUT2D eigenvalue weighted by Gasteiger charge is -2.24. The fourth-order valence-corrected chi connectivity index (χ4v) is 2.67. The molecule has 0 spiro atoms. The van der Waals surface area contributed by atoms with Crippen molar-refractivity contribution in [2.24, 2.45) is 0 Å². The van der Waals surface area contributed by atoms with Gasteiger partial charge in [-0.05, 0) is 19.3 Å². The first-order chi connectivity index (χ1) is 8.36. The molecule has 1 aromatic heterocycles. The van der Waals surface area contributed by atoms with E-state index in [1.165, 1.54) is 17.7 Å². The third kappa shape index (κ3) is 2.96. The topological polar surface area (TPSA) is 38.2 Å². The van der Waals surface area contributed by atoms with E-state index in [2.05, 4.69) is 30.8 Å². The van der Waals surface area contributed by atoms with Crippen molar-refractivity contribution in [1.82, 2.24) is 9.97 Å². The number of aromatic nitrogens is 2. The molecule has 0 saturated heterocycles. The van der Waals surface area contributed by atoms with Crippen LogP contribution in [-0.4, -0.2) is 42.1 Å². The van der Waals surface area contributed by atoms with Gasteiger partial charge in [-0.2, -0.15) is 0 Å². The highest BCUT2D eigenvalue weighted by Gasteiger charge is 2.20. The summed E-state index contributed by atoms with van der Waals surface area (Å²) in [5.74, 6) is 1.10. The average molecular weight is 300 g/mol. The highest BCUT2D eigenvalue weighted by atomic mass is 79.9. The Kier molecular flexibility index (Phi) is 4.74. The second-order valence-corrected chi connectivity index (χ2v) is 4.94. The van der Waals surface area contributed by atoms with Crippen molar-refractivity contribution < 1.29 is 4.74 Å². The summed E-state index contributed by atoms with van der Waals surface area (Å²) < 4.78 is 5.16. The zero-order valence-corrected chi connectivity index (χ0v) is 11.7. The van der Waals surface area contributed by atoms with Gasteiger partial charge in [0.25, 0.3) is 0 Å². The zero-order chi connectivity index (χ0) is 12.1. The number of ether oxygens (including phenoxy) is 1. The number of alkyl halides is 1. The smallest absolute Gasteiger partial charge is 0.135 e. The SMILES string of the molecule is COCCN(CCBr)c1ncnc2c1CCC2. The summed E-state index contributed by atoms with van der Waals surface area (Å²) >= 11 is 3.49. The number of hydrogen-bond acceptors (Lipinski definition) is 4. The summed E-state index contributed by atoms with van der Waals surface area (Å²) in [6.07, 6.45) is 5.09. The van der Waals surface area contributed by atoms with E-state index in [4.69, 9.17) is 4.74 Å². The average Bonchev–Trinajstić information content (AvgIpc) is 2.82. The van der Waals surface area contributed by atoms with Gasteiger partial charge < -0.3 is 9.64 Å². The minimum Gasteiger partial charge on any atom is -0.383 e. The third-order valence-corrected chi connectivity index (χ3v) is 3.43. The number of methoxy groups -OCH3 is 1. The van der Waals surface area contributed by atoms with Gasteiger partial charge in [-0.3, -0.25) is 0 Å². The van der Waals surface area contributed by atoms with Crippen LogP contribution in [0, 0.1) is 0 Å². The Morgan fingerprint density at radius 1 is 1.35 bits per heavy atom. The van der Waals surface area contributed by atoms with Crippen LogP contribution in [0.25, 0.3) is 0 Å². The van der Waals surface area contributed by atoms with Gasteiger partial charge in [0.1, 0.15) is 12.1 Å². The summed E-state index contributed by atoms with van der Waals surface area (Å²) in [5, 5.41) is 0.940. The second-order valence-electron chi connectivity index (χ2n) is 4.14. The van der Waals surface area contributed by atoms with Gasteiger partial charge in [-0.1, -0.05) is 15.9 Å². The molecule has 4 nitrogen and oxygen atoms in total. The van der Waals surface area contributed by atoms with E-state index in [0.717, 1.165) is 43.7 Å². The van der Waals surface area contributed by atoms with Gasteiger partial charge >= 0.3 is 0 Å².